The molecule has 21 heavy (non-hydrogen) atoms. The highest BCUT2D eigenvalue weighted by Gasteiger charge is 2.27. The monoisotopic (exact) mass is 352 g/mol. The van der Waals surface area contributed by atoms with Crippen molar-refractivity contribution in [2.24, 2.45) is 0 Å². The van der Waals surface area contributed by atoms with Crippen LogP contribution in [-0.4, -0.2) is 22.9 Å². The Morgan fingerprint density at radius 2 is 2.05 bits per heavy atom. The maximum Gasteiger partial charge on any atom is 0.360 e. The van der Waals surface area contributed by atoms with Gasteiger partial charge in [-0.3, -0.25) is 0 Å². The van der Waals surface area contributed by atoms with E-state index in [9.17, 15) is 4.79 Å². The molecule has 2 aromatic rings. The molecule has 0 radical (unpaired) electrons. The number of hydrogen-bond donors (Lipinski definition) is 0. The van der Waals surface area contributed by atoms with Crippen molar-refractivity contribution in [3.8, 4) is 11.5 Å². The summed E-state index contributed by atoms with van der Waals surface area (Å²) in [5.41, 5.74) is -0.0625. The summed E-state index contributed by atoms with van der Waals surface area (Å²) < 4.78 is 13.1. The fourth-order valence-corrected chi connectivity index (χ4v) is 2.24. The lowest BCUT2D eigenvalue weighted by atomic mass is 10.1. The fourth-order valence-electron chi connectivity index (χ4n) is 1.86. The van der Waals surface area contributed by atoms with E-state index in [1.807, 2.05) is 39.0 Å². The van der Waals surface area contributed by atoms with Crippen LogP contribution in [0.4, 0.5) is 0 Å². The highest BCUT2D eigenvalue weighted by Crippen LogP contribution is 2.30. The van der Waals surface area contributed by atoms with Crippen LogP contribution in [0.2, 0.25) is 0 Å². The Morgan fingerprint density at radius 3 is 2.62 bits per heavy atom. The summed E-state index contributed by atoms with van der Waals surface area (Å²) in [6, 6.07) is 7.37. The molecule has 0 amide bonds. The Morgan fingerprint density at radius 1 is 1.33 bits per heavy atom. The summed E-state index contributed by atoms with van der Waals surface area (Å²) in [5.74, 6) is 0.505. The lowest BCUT2D eigenvalue weighted by Gasteiger charge is -2.21. The quantitative estimate of drug-likeness (QED) is 0.784. The predicted octanol–water partition coefficient (Wildman–Crippen LogP) is 3.98. The maximum absolute atomic E-state index is 12.0. The predicted molar refractivity (Wildman–Crippen MR) is 82.8 cm³/mol. The molecule has 112 valence electrons. The molecule has 0 saturated carbocycles. The minimum Gasteiger partial charge on any atom is -0.464 e. The molecule has 1 heterocycles. The van der Waals surface area contributed by atoms with Crippen LogP contribution < -0.4 is 4.74 Å². The summed E-state index contributed by atoms with van der Waals surface area (Å²) in [7, 11) is 1.34. The second-order valence-corrected chi connectivity index (χ2v) is 6.41. The average Bonchev–Trinajstić information content (AvgIpc) is 2.81. The lowest BCUT2D eigenvalue weighted by Crippen LogP contribution is -2.27. The number of carbonyl (C=O) groups excluding carboxylic acids is 1. The van der Waals surface area contributed by atoms with E-state index in [1.54, 1.807) is 10.7 Å². The Bertz CT molecular complexity index is 659. The number of carbonyl (C=O) groups is 1. The van der Waals surface area contributed by atoms with E-state index in [0.717, 1.165) is 4.47 Å². The van der Waals surface area contributed by atoms with Gasteiger partial charge in [0.05, 0.1) is 18.8 Å². The molecule has 0 aliphatic heterocycles. The first kappa shape index (κ1) is 15.6. The highest BCUT2D eigenvalue weighted by atomic mass is 79.9. The molecule has 0 aliphatic rings. The first-order valence-corrected chi connectivity index (χ1v) is 7.22. The van der Waals surface area contributed by atoms with Gasteiger partial charge < -0.3 is 9.47 Å². The first-order chi connectivity index (χ1) is 9.82. The molecule has 1 aromatic carbocycles. The van der Waals surface area contributed by atoms with Gasteiger partial charge in [0.15, 0.2) is 11.4 Å². The second-order valence-electron chi connectivity index (χ2n) is 5.49. The van der Waals surface area contributed by atoms with Crippen LogP contribution in [0.5, 0.6) is 11.5 Å². The largest absolute Gasteiger partial charge is 0.464 e. The van der Waals surface area contributed by atoms with Crippen molar-refractivity contribution in [3.05, 3.63) is 40.6 Å². The normalized spacial score (nSPS) is 11.3. The van der Waals surface area contributed by atoms with Gasteiger partial charge in [0.25, 0.3) is 0 Å². The van der Waals surface area contributed by atoms with E-state index in [1.165, 1.54) is 13.3 Å². The Kier molecular flexibility index (Phi) is 4.37. The molecule has 0 atom stereocenters. The first-order valence-electron chi connectivity index (χ1n) is 6.43. The molecule has 1 aromatic heterocycles. The van der Waals surface area contributed by atoms with E-state index in [2.05, 4.69) is 21.0 Å². The van der Waals surface area contributed by atoms with E-state index in [0.29, 0.717) is 17.2 Å². The number of aromatic nitrogens is 2. The summed E-state index contributed by atoms with van der Waals surface area (Å²) >= 11 is 3.38. The fraction of sp³-hybridized carbons (Fsp3) is 0.333. The van der Waals surface area contributed by atoms with Gasteiger partial charge in [-0.15, -0.1) is 0 Å². The van der Waals surface area contributed by atoms with Crippen LogP contribution >= 0.6 is 15.9 Å². The zero-order chi connectivity index (χ0) is 15.6. The topological polar surface area (TPSA) is 53.4 Å². The van der Waals surface area contributed by atoms with E-state index in [-0.39, 0.29) is 5.54 Å². The van der Waals surface area contributed by atoms with Crippen molar-refractivity contribution in [1.82, 2.24) is 9.78 Å². The molecule has 0 saturated heterocycles. The number of esters is 1. The zero-order valence-electron chi connectivity index (χ0n) is 12.4. The van der Waals surface area contributed by atoms with Crippen molar-refractivity contribution >= 4 is 21.9 Å². The standard InChI is InChI=1S/C15H17BrN2O3/c1-15(2,3)18-13(14(19)20-4)12(9-17-18)21-11-7-5-6-10(16)8-11/h5-9H,1-4H3. The molecule has 6 heteroatoms. The molecule has 2 rings (SSSR count). The van der Waals surface area contributed by atoms with Crippen molar-refractivity contribution in [2.75, 3.05) is 7.11 Å². The molecule has 0 spiro atoms. The van der Waals surface area contributed by atoms with Crippen molar-refractivity contribution < 1.29 is 14.3 Å². The summed E-state index contributed by atoms with van der Waals surface area (Å²) in [6.07, 6.45) is 1.53. The van der Waals surface area contributed by atoms with E-state index < -0.39 is 5.97 Å². The van der Waals surface area contributed by atoms with Gasteiger partial charge in [-0.2, -0.15) is 5.10 Å². The van der Waals surface area contributed by atoms with Crippen molar-refractivity contribution in [1.29, 1.82) is 0 Å². The molecule has 0 N–H and O–H groups in total. The van der Waals surface area contributed by atoms with Gasteiger partial charge >= 0.3 is 5.97 Å². The Hall–Kier alpha value is -1.82. The maximum atomic E-state index is 12.0. The number of ether oxygens (including phenoxy) is 2. The number of methoxy groups -OCH3 is 1. The molecule has 0 fully saturated rings. The van der Waals surface area contributed by atoms with Crippen molar-refractivity contribution in [3.63, 3.8) is 0 Å². The van der Waals surface area contributed by atoms with Crippen LogP contribution in [0, 0.1) is 0 Å². The molecule has 0 unspecified atom stereocenters. The third-order valence-corrected chi connectivity index (χ3v) is 3.27. The smallest absolute Gasteiger partial charge is 0.360 e. The summed E-state index contributed by atoms with van der Waals surface area (Å²) in [5, 5.41) is 4.25. The number of rotatable bonds is 3. The van der Waals surface area contributed by atoms with Crippen molar-refractivity contribution in [2.45, 2.75) is 26.3 Å². The van der Waals surface area contributed by atoms with E-state index in [4.69, 9.17) is 9.47 Å². The Labute approximate surface area is 132 Å². The number of halogens is 1. The van der Waals surface area contributed by atoms with E-state index >= 15 is 0 Å². The van der Waals surface area contributed by atoms with Gasteiger partial charge in [0.1, 0.15) is 5.75 Å². The number of hydrogen-bond acceptors (Lipinski definition) is 4. The van der Waals surface area contributed by atoms with Gasteiger partial charge in [-0.25, -0.2) is 9.48 Å². The van der Waals surface area contributed by atoms with Crippen LogP contribution in [0.3, 0.4) is 0 Å². The average molecular weight is 353 g/mol. The SMILES string of the molecule is COC(=O)c1c(Oc2cccc(Br)c2)cnn1C(C)(C)C. The van der Waals surface area contributed by atoms with Gasteiger partial charge in [0, 0.05) is 4.47 Å². The molecule has 0 bridgehead atoms. The lowest BCUT2D eigenvalue weighted by molar-refractivity contribution is 0.0575. The van der Waals surface area contributed by atoms with Crippen LogP contribution in [-0.2, 0) is 10.3 Å². The number of benzene rings is 1. The summed E-state index contributed by atoms with van der Waals surface area (Å²) in [6.45, 7) is 5.86. The highest BCUT2D eigenvalue weighted by molar-refractivity contribution is 9.10. The third kappa shape index (κ3) is 3.44. The molecular formula is C15H17BrN2O3. The molecule has 0 aliphatic carbocycles. The second kappa shape index (κ2) is 5.89. The van der Waals surface area contributed by atoms with Crippen LogP contribution in [0.25, 0.3) is 0 Å². The minimum absolute atomic E-state index is 0.296. The van der Waals surface area contributed by atoms with Crippen LogP contribution in [0.1, 0.15) is 31.3 Å². The van der Waals surface area contributed by atoms with Crippen LogP contribution in [0.15, 0.2) is 34.9 Å². The molecule has 5 nitrogen and oxygen atoms in total. The van der Waals surface area contributed by atoms with Gasteiger partial charge in [0.2, 0.25) is 0 Å². The minimum atomic E-state index is -0.479. The van der Waals surface area contributed by atoms with Gasteiger partial charge in [-0.1, -0.05) is 22.0 Å². The zero-order valence-corrected chi connectivity index (χ0v) is 14.0. The third-order valence-electron chi connectivity index (χ3n) is 2.77. The Balaban J connectivity index is 2.44. The molecular weight excluding hydrogens is 336 g/mol. The van der Waals surface area contributed by atoms with Gasteiger partial charge in [-0.05, 0) is 39.0 Å². The number of nitrogens with zero attached hydrogens (tertiary/aromatic N) is 2. The summed E-state index contributed by atoms with van der Waals surface area (Å²) in [4.78, 5) is 12.0.